The van der Waals surface area contributed by atoms with Crippen LogP contribution in [0.2, 0.25) is 5.02 Å². The quantitative estimate of drug-likeness (QED) is 0.828. The highest BCUT2D eigenvalue weighted by Gasteiger charge is 2.39. The van der Waals surface area contributed by atoms with E-state index in [-0.39, 0.29) is 11.2 Å². The van der Waals surface area contributed by atoms with E-state index in [1.54, 1.807) is 10.9 Å². The van der Waals surface area contributed by atoms with Crippen molar-refractivity contribution in [1.82, 2.24) is 20.0 Å². The van der Waals surface area contributed by atoms with Gasteiger partial charge in [0.25, 0.3) is 0 Å². The summed E-state index contributed by atoms with van der Waals surface area (Å²) in [7, 11) is 3.99. The predicted molar refractivity (Wildman–Crippen MR) is 75.7 cm³/mol. The SMILES string of the molecule is CN(C)CCn1ncc(Cl)c1C(=O)C1(C)CCNC1. The number of nitrogens with zero attached hydrogens (tertiary/aromatic N) is 3. The molecule has 0 amide bonds. The average molecular weight is 285 g/mol. The van der Waals surface area contributed by atoms with Crippen LogP contribution in [0.3, 0.4) is 0 Å². The number of nitrogens with one attached hydrogen (secondary N) is 1. The van der Waals surface area contributed by atoms with Crippen LogP contribution in [0.5, 0.6) is 0 Å². The third kappa shape index (κ3) is 2.99. The van der Waals surface area contributed by atoms with Crippen LogP contribution in [-0.4, -0.2) is 54.2 Å². The number of halogens is 1. The van der Waals surface area contributed by atoms with Gasteiger partial charge in [-0.25, -0.2) is 0 Å². The molecule has 1 saturated heterocycles. The normalized spacial score (nSPS) is 23.2. The van der Waals surface area contributed by atoms with Crippen LogP contribution in [0, 0.1) is 5.41 Å². The van der Waals surface area contributed by atoms with Gasteiger partial charge in [0.1, 0.15) is 5.69 Å². The molecule has 1 unspecified atom stereocenters. The summed E-state index contributed by atoms with van der Waals surface area (Å²) in [6.07, 6.45) is 2.41. The minimum Gasteiger partial charge on any atom is -0.316 e. The second-order valence-corrected chi connectivity index (χ2v) is 6.09. The van der Waals surface area contributed by atoms with E-state index in [1.807, 2.05) is 21.0 Å². The summed E-state index contributed by atoms with van der Waals surface area (Å²) in [4.78, 5) is 14.8. The summed E-state index contributed by atoms with van der Waals surface area (Å²) in [5, 5.41) is 7.93. The Morgan fingerprint density at radius 2 is 2.37 bits per heavy atom. The first kappa shape index (κ1) is 14.5. The van der Waals surface area contributed by atoms with Crippen molar-refractivity contribution in [1.29, 1.82) is 0 Å². The number of rotatable bonds is 5. The molecule has 6 heteroatoms. The number of ketones is 1. The highest BCUT2D eigenvalue weighted by Crippen LogP contribution is 2.31. The van der Waals surface area contributed by atoms with Gasteiger partial charge in [0, 0.05) is 18.5 Å². The molecule has 1 atom stereocenters. The third-order valence-corrected chi connectivity index (χ3v) is 3.96. The van der Waals surface area contributed by atoms with Crippen molar-refractivity contribution in [3.05, 3.63) is 16.9 Å². The lowest BCUT2D eigenvalue weighted by Crippen LogP contribution is -2.33. The zero-order chi connectivity index (χ0) is 14.0. The highest BCUT2D eigenvalue weighted by molar-refractivity contribution is 6.33. The number of hydrogen-bond donors (Lipinski definition) is 1. The van der Waals surface area contributed by atoms with E-state index >= 15 is 0 Å². The smallest absolute Gasteiger partial charge is 0.189 e. The largest absolute Gasteiger partial charge is 0.316 e. The fraction of sp³-hybridized carbons (Fsp3) is 0.692. The summed E-state index contributed by atoms with van der Waals surface area (Å²) >= 11 is 6.16. The van der Waals surface area contributed by atoms with E-state index in [4.69, 9.17) is 11.6 Å². The Hall–Kier alpha value is -0.910. The number of aromatic nitrogens is 2. The molecular formula is C13H21ClN4O. The van der Waals surface area contributed by atoms with Gasteiger partial charge in [-0.15, -0.1) is 0 Å². The molecule has 0 saturated carbocycles. The monoisotopic (exact) mass is 284 g/mol. The first-order valence-corrected chi connectivity index (χ1v) is 6.93. The molecule has 1 aliphatic rings. The topological polar surface area (TPSA) is 50.2 Å². The van der Waals surface area contributed by atoms with Crippen molar-refractivity contribution in [2.45, 2.75) is 19.9 Å². The molecule has 1 aromatic heterocycles. The van der Waals surface area contributed by atoms with Gasteiger partial charge in [-0.2, -0.15) is 5.10 Å². The van der Waals surface area contributed by atoms with Gasteiger partial charge in [-0.3, -0.25) is 9.48 Å². The summed E-state index contributed by atoms with van der Waals surface area (Å²) in [5.74, 6) is 0.0961. The van der Waals surface area contributed by atoms with Crippen molar-refractivity contribution >= 4 is 17.4 Å². The molecule has 0 bridgehead atoms. The average Bonchev–Trinajstić information content (AvgIpc) is 2.93. The number of hydrogen-bond acceptors (Lipinski definition) is 4. The van der Waals surface area contributed by atoms with Gasteiger partial charge in [0.05, 0.1) is 17.8 Å². The maximum atomic E-state index is 12.7. The molecular weight excluding hydrogens is 264 g/mol. The van der Waals surface area contributed by atoms with Crippen molar-refractivity contribution in [2.24, 2.45) is 5.41 Å². The van der Waals surface area contributed by atoms with Crippen LogP contribution >= 0.6 is 11.6 Å². The van der Waals surface area contributed by atoms with E-state index < -0.39 is 0 Å². The first-order valence-electron chi connectivity index (χ1n) is 6.55. The Kier molecular flexibility index (Phi) is 4.28. The van der Waals surface area contributed by atoms with E-state index in [2.05, 4.69) is 15.3 Å². The van der Waals surface area contributed by atoms with Gasteiger partial charge >= 0.3 is 0 Å². The fourth-order valence-corrected chi connectivity index (χ4v) is 2.58. The van der Waals surface area contributed by atoms with E-state index in [1.165, 1.54) is 0 Å². The molecule has 0 radical (unpaired) electrons. The van der Waals surface area contributed by atoms with Gasteiger partial charge in [0.15, 0.2) is 5.78 Å². The number of carbonyl (C=O) groups excluding carboxylic acids is 1. The van der Waals surface area contributed by atoms with E-state index in [0.29, 0.717) is 23.8 Å². The zero-order valence-electron chi connectivity index (χ0n) is 11.7. The van der Waals surface area contributed by atoms with Crippen LogP contribution in [0.4, 0.5) is 0 Å². The highest BCUT2D eigenvalue weighted by atomic mass is 35.5. The molecule has 5 nitrogen and oxygen atoms in total. The van der Waals surface area contributed by atoms with E-state index in [9.17, 15) is 4.79 Å². The van der Waals surface area contributed by atoms with E-state index in [0.717, 1.165) is 19.5 Å². The van der Waals surface area contributed by atoms with Crippen molar-refractivity contribution < 1.29 is 4.79 Å². The Morgan fingerprint density at radius 3 is 2.95 bits per heavy atom. The lowest BCUT2D eigenvalue weighted by molar-refractivity contribution is 0.0827. The van der Waals surface area contributed by atoms with Gasteiger partial charge in [-0.05, 0) is 27.1 Å². The van der Waals surface area contributed by atoms with Crippen LogP contribution < -0.4 is 5.32 Å². The molecule has 1 aliphatic heterocycles. The molecule has 106 valence electrons. The second kappa shape index (κ2) is 5.61. The van der Waals surface area contributed by atoms with Crippen molar-refractivity contribution in [2.75, 3.05) is 33.7 Å². The standard InChI is InChI=1S/C13H21ClN4O/c1-13(4-5-15-9-13)12(19)11-10(14)8-16-18(11)7-6-17(2)3/h8,15H,4-7,9H2,1-3H3. The van der Waals surface area contributed by atoms with Crippen molar-refractivity contribution in [3.8, 4) is 0 Å². The van der Waals surface area contributed by atoms with Crippen LogP contribution in [0.25, 0.3) is 0 Å². The zero-order valence-corrected chi connectivity index (χ0v) is 12.5. The maximum absolute atomic E-state index is 12.7. The third-order valence-electron chi connectivity index (χ3n) is 3.69. The summed E-state index contributed by atoms with van der Waals surface area (Å²) < 4.78 is 1.73. The molecule has 0 aliphatic carbocycles. The lowest BCUT2D eigenvalue weighted by atomic mass is 9.83. The molecule has 2 heterocycles. The molecule has 1 aromatic rings. The predicted octanol–water partition coefficient (Wildman–Crippen LogP) is 1.28. The van der Waals surface area contributed by atoms with Crippen LogP contribution in [-0.2, 0) is 6.54 Å². The molecule has 0 spiro atoms. The maximum Gasteiger partial charge on any atom is 0.189 e. The Bertz CT molecular complexity index is 463. The molecule has 2 rings (SSSR count). The van der Waals surface area contributed by atoms with Crippen LogP contribution in [0.1, 0.15) is 23.8 Å². The van der Waals surface area contributed by atoms with Gasteiger partial charge in [0.2, 0.25) is 0 Å². The summed E-state index contributed by atoms with van der Waals surface area (Å²) in [6.45, 7) is 5.08. The lowest BCUT2D eigenvalue weighted by Gasteiger charge is -2.22. The first-order chi connectivity index (χ1) is 8.94. The van der Waals surface area contributed by atoms with Crippen LogP contribution in [0.15, 0.2) is 6.20 Å². The minimum atomic E-state index is -0.362. The molecule has 0 aromatic carbocycles. The molecule has 19 heavy (non-hydrogen) atoms. The summed E-state index contributed by atoms with van der Waals surface area (Å²) in [5.41, 5.74) is 0.189. The number of carbonyl (C=O) groups is 1. The minimum absolute atomic E-state index is 0.0961. The molecule has 1 fully saturated rings. The Morgan fingerprint density at radius 1 is 1.63 bits per heavy atom. The second-order valence-electron chi connectivity index (χ2n) is 5.68. The van der Waals surface area contributed by atoms with Crippen molar-refractivity contribution in [3.63, 3.8) is 0 Å². The summed E-state index contributed by atoms with van der Waals surface area (Å²) in [6, 6.07) is 0. The van der Waals surface area contributed by atoms with Gasteiger partial charge in [-0.1, -0.05) is 18.5 Å². The number of Topliss-reactive ketones (excluding diaryl/α,β-unsaturated/α-hetero) is 1. The number of likely N-dealkylation sites (N-methyl/N-ethyl adjacent to an activating group) is 1. The fourth-order valence-electron chi connectivity index (χ4n) is 2.35. The Balaban J connectivity index is 2.23. The molecule has 1 N–H and O–H groups in total. The Labute approximate surface area is 118 Å². The van der Waals surface area contributed by atoms with Gasteiger partial charge < -0.3 is 10.2 Å².